The summed E-state index contributed by atoms with van der Waals surface area (Å²) in [4.78, 5) is 7.88. The molecule has 0 amide bonds. The number of methoxy groups -OCH3 is 1. The molecule has 1 aliphatic rings. The van der Waals surface area contributed by atoms with Gasteiger partial charge < -0.3 is 15.8 Å². The normalized spacial score (nSPS) is 28.0. The van der Waals surface area contributed by atoms with Gasteiger partial charge in [0.25, 0.3) is 0 Å². The standard InChI is InChI=1S/C6H13N5O/c1-12-3-2-6(8)10-4-9-5(7)11-6/h4H,2-3,8H2,1H3,(H3,7,9,10,11). The second kappa shape index (κ2) is 3.51. The van der Waals surface area contributed by atoms with Crippen LogP contribution in [-0.4, -0.2) is 31.8 Å². The molecule has 0 aromatic carbocycles. The van der Waals surface area contributed by atoms with Gasteiger partial charge in [0.05, 0.1) is 12.9 Å². The van der Waals surface area contributed by atoms with E-state index >= 15 is 0 Å². The van der Waals surface area contributed by atoms with Crippen LogP contribution in [-0.2, 0) is 4.74 Å². The molecule has 6 nitrogen and oxygen atoms in total. The highest BCUT2D eigenvalue weighted by molar-refractivity contribution is 5.90. The summed E-state index contributed by atoms with van der Waals surface area (Å²) in [5.41, 5.74) is 11.2. The van der Waals surface area contributed by atoms with Crippen LogP contribution in [0.5, 0.6) is 0 Å². The first-order chi connectivity index (χ1) is 5.66. The number of rotatable bonds is 3. The minimum Gasteiger partial charge on any atom is -0.384 e. The van der Waals surface area contributed by atoms with Crippen molar-refractivity contribution in [2.45, 2.75) is 12.2 Å². The van der Waals surface area contributed by atoms with Crippen molar-refractivity contribution in [1.29, 1.82) is 0 Å². The monoisotopic (exact) mass is 171 g/mol. The molecule has 5 N–H and O–H groups in total. The van der Waals surface area contributed by atoms with Gasteiger partial charge >= 0.3 is 0 Å². The molecule has 68 valence electrons. The van der Waals surface area contributed by atoms with E-state index in [0.29, 0.717) is 13.0 Å². The number of hydrogen-bond acceptors (Lipinski definition) is 6. The van der Waals surface area contributed by atoms with E-state index in [0.717, 1.165) is 0 Å². The largest absolute Gasteiger partial charge is 0.384 e. The molecule has 0 aromatic heterocycles. The average molecular weight is 171 g/mol. The first-order valence-corrected chi connectivity index (χ1v) is 3.60. The number of ether oxygens (including phenoxy) is 1. The lowest BCUT2D eigenvalue weighted by Crippen LogP contribution is -2.46. The number of aliphatic imine (C=N–C) groups is 2. The molecule has 1 aliphatic heterocycles. The molecule has 6 heteroatoms. The van der Waals surface area contributed by atoms with E-state index < -0.39 is 5.79 Å². The van der Waals surface area contributed by atoms with E-state index in [-0.39, 0.29) is 5.96 Å². The summed E-state index contributed by atoms with van der Waals surface area (Å²) in [6.07, 6.45) is 1.96. The molecular weight excluding hydrogens is 158 g/mol. The Hall–Kier alpha value is -1.14. The Bertz CT molecular complexity index is 214. The quantitative estimate of drug-likeness (QED) is 0.485. The topological polar surface area (TPSA) is 98.0 Å². The van der Waals surface area contributed by atoms with Gasteiger partial charge in [0.1, 0.15) is 0 Å². The third kappa shape index (κ3) is 2.18. The van der Waals surface area contributed by atoms with Crippen LogP contribution in [0.1, 0.15) is 6.42 Å². The van der Waals surface area contributed by atoms with Crippen LogP contribution in [0, 0.1) is 0 Å². The highest BCUT2D eigenvalue weighted by atomic mass is 16.5. The number of nitrogens with one attached hydrogen (secondary N) is 1. The van der Waals surface area contributed by atoms with Crippen molar-refractivity contribution in [2.24, 2.45) is 21.5 Å². The minimum atomic E-state index is -0.953. The van der Waals surface area contributed by atoms with E-state index in [4.69, 9.17) is 16.2 Å². The Morgan fingerprint density at radius 1 is 1.75 bits per heavy atom. The first kappa shape index (κ1) is 8.95. The summed E-state index contributed by atoms with van der Waals surface area (Å²) in [6.45, 7) is 0.505. The van der Waals surface area contributed by atoms with Gasteiger partial charge in [-0.3, -0.25) is 5.73 Å². The van der Waals surface area contributed by atoms with Crippen LogP contribution in [0.3, 0.4) is 0 Å². The van der Waals surface area contributed by atoms with Crippen molar-refractivity contribution in [1.82, 2.24) is 5.32 Å². The summed E-state index contributed by atoms with van der Waals surface area (Å²) in [5.74, 6) is -0.672. The summed E-state index contributed by atoms with van der Waals surface area (Å²) in [7, 11) is 1.60. The van der Waals surface area contributed by atoms with Gasteiger partial charge in [-0.15, -0.1) is 0 Å². The van der Waals surface area contributed by atoms with Crippen LogP contribution in [0.25, 0.3) is 0 Å². The second-order valence-electron chi connectivity index (χ2n) is 2.52. The molecule has 0 radical (unpaired) electrons. The highest BCUT2D eigenvalue weighted by Crippen LogP contribution is 2.11. The van der Waals surface area contributed by atoms with Gasteiger partial charge in [0.15, 0.2) is 5.96 Å². The SMILES string of the molecule is COCCC1(N)N=CNC(N)=N1. The van der Waals surface area contributed by atoms with Crippen molar-refractivity contribution >= 4 is 12.3 Å². The molecule has 1 unspecified atom stereocenters. The minimum absolute atomic E-state index is 0.281. The predicted octanol–water partition coefficient (Wildman–Crippen LogP) is -1.42. The summed E-state index contributed by atoms with van der Waals surface area (Å²) in [6, 6.07) is 0. The fraction of sp³-hybridized carbons (Fsp3) is 0.667. The molecule has 0 aromatic rings. The third-order valence-corrected chi connectivity index (χ3v) is 1.49. The zero-order valence-corrected chi connectivity index (χ0v) is 6.95. The molecule has 1 heterocycles. The molecule has 1 atom stereocenters. The summed E-state index contributed by atoms with van der Waals surface area (Å²) < 4.78 is 4.86. The zero-order chi connectivity index (χ0) is 9.03. The first-order valence-electron chi connectivity index (χ1n) is 3.60. The fourth-order valence-electron chi connectivity index (χ4n) is 0.853. The fourth-order valence-corrected chi connectivity index (χ4v) is 0.853. The molecule has 0 spiro atoms. The van der Waals surface area contributed by atoms with Gasteiger partial charge in [-0.25, -0.2) is 9.98 Å². The van der Waals surface area contributed by atoms with Crippen molar-refractivity contribution in [3.05, 3.63) is 0 Å². The number of nitrogens with two attached hydrogens (primary N) is 2. The Morgan fingerprint density at radius 2 is 2.50 bits per heavy atom. The molecule has 1 rings (SSSR count). The summed E-state index contributed by atoms with van der Waals surface area (Å²) in [5, 5.41) is 2.63. The molecule has 0 fully saturated rings. The second-order valence-corrected chi connectivity index (χ2v) is 2.52. The number of guanidine groups is 1. The van der Waals surface area contributed by atoms with Crippen LogP contribution in [0.15, 0.2) is 9.98 Å². The van der Waals surface area contributed by atoms with Crippen LogP contribution >= 0.6 is 0 Å². The van der Waals surface area contributed by atoms with Crippen molar-refractivity contribution in [2.75, 3.05) is 13.7 Å². The van der Waals surface area contributed by atoms with Gasteiger partial charge in [0, 0.05) is 13.5 Å². The van der Waals surface area contributed by atoms with Gasteiger partial charge in [0.2, 0.25) is 5.79 Å². The highest BCUT2D eigenvalue weighted by Gasteiger charge is 2.24. The van der Waals surface area contributed by atoms with Crippen LogP contribution in [0.2, 0.25) is 0 Å². The lowest BCUT2D eigenvalue weighted by Gasteiger charge is -2.23. The van der Waals surface area contributed by atoms with Gasteiger partial charge in [-0.05, 0) is 0 Å². The van der Waals surface area contributed by atoms with Crippen molar-refractivity contribution in [3.8, 4) is 0 Å². The van der Waals surface area contributed by atoms with Crippen LogP contribution in [0.4, 0.5) is 0 Å². The van der Waals surface area contributed by atoms with Crippen molar-refractivity contribution in [3.63, 3.8) is 0 Å². The molecule has 0 aliphatic carbocycles. The maximum Gasteiger partial charge on any atom is 0.209 e. The average Bonchev–Trinajstić information content (AvgIpc) is 2.01. The number of hydrogen-bond donors (Lipinski definition) is 3. The Labute approximate surface area is 70.7 Å². The third-order valence-electron chi connectivity index (χ3n) is 1.49. The molecule has 0 bridgehead atoms. The number of nitrogens with zero attached hydrogens (tertiary/aromatic N) is 2. The van der Waals surface area contributed by atoms with E-state index in [2.05, 4.69) is 15.3 Å². The smallest absolute Gasteiger partial charge is 0.209 e. The Morgan fingerprint density at radius 3 is 3.08 bits per heavy atom. The van der Waals surface area contributed by atoms with E-state index in [9.17, 15) is 0 Å². The van der Waals surface area contributed by atoms with Gasteiger partial charge in [-0.1, -0.05) is 0 Å². The maximum absolute atomic E-state index is 5.75. The molecule has 0 saturated heterocycles. The van der Waals surface area contributed by atoms with E-state index in [1.54, 1.807) is 7.11 Å². The lowest BCUT2D eigenvalue weighted by molar-refractivity contribution is 0.171. The van der Waals surface area contributed by atoms with Crippen molar-refractivity contribution < 1.29 is 4.74 Å². The van der Waals surface area contributed by atoms with E-state index in [1.807, 2.05) is 0 Å². The maximum atomic E-state index is 5.75. The van der Waals surface area contributed by atoms with Crippen LogP contribution < -0.4 is 16.8 Å². The summed E-state index contributed by atoms with van der Waals surface area (Å²) >= 11 is 0. The molecular formula is C6H13N5O. The zero-order valence-electron chi connectivity index (χ0n) is 6.95. The lowest BCUT2D eigenvalue weighted by atomic mass is 10.3. The predicted molar refractivity (Wildman–Crippen MR) is 46.7 cm³/mol. The molecule has 12 heavy (non-hydrogen) atoms. The van der Waals surface area contributed by atoms with Gasteiger partial charge in [-0.2, -0.15) is 0 Å². The Kier molecular flexibility index (Phi) is 2.61. The van der Waals surface area contributed by atoms with E-state index in [1.165, 1.54) is 6.34 Å². The Balaban J connectivity index is 2.57. The molecule has 0 saturated carbocycles.